The number of anilines is 1. The quantitative estimate of drug-likeness (QED) is 0.729. The number of unbranched alkanes of at least 4 members (excludes halogenated alkanes) is 2. The molecule has 1 heterocycles. The van der Waals surface area contributed by atoms with Gasteiger partial charge >= 0.3 is 5.97 Å². The van der Waals surface area contributed by atoms with Crippen LogP contribution in [0.5, 0.6) is 5.75 Å². The molecule has 0 radical (unpaired) electrons. The lowest BCUT2D eigenvalue weighted by molar-refractivity contribution is -0.137. The lowest BCUT2D eigenvalue weighted by atomic mass is 10.1. The van der Waals surface area contributed by atoms with Crippen LogP contribution in [0.2, 0.25) is 0 Å². The number of hydrogen-bond donors (Lipinski definition) is 2. The molecule has 0 aliphatic carbocycles. The van der Waals surface area contributed by atoms with E-state index in [-0.39, 0.29) is 6.42 Å². The van der Waals surface area contributed by atoms with Crippen molar-refractivity contribution in [2.45, 2.75) is 25.7 Å². The monoisotopic (exact) mass is 288 g/mol. The number of ether oxygens (including phenoxy) is 1. The molecular formula is C16H20N2O3. The molecule has 0 bridgehead atoms. The van der Waals surface area contributed by atoms with E-state index in [1.54, 1.807) is 13.3 Å². The number of methoxy groups -OCH3 is 1. The van der Waals surface area contributed by atoms with E-state index in [0.717, 1.165) is 41.7 Å². The summed E-state index contributed by atoms with van der Waals surface area (Å²) in [5.41, 5.74) is 0. The molecule has 1 aromatic carbocycles. The Morgan fingerprint density at radius 1 is 1.24 bits per heavy atom. The first-order valence-electron chi connectivity index (χ1n) is 7.10. The fourth-order valence-corrected chi connectivity index (χ4v) is 2.28. The molecule has 0 saturated carbocycles. The fourth-order valence-electron chi connectivity index (χ4n) is 2.28. The number of nitrogens with one attached hydrogen (secondary N) is 1. The van der Waals surface area contributed by atoms with Crippen LogP contribution in [0.4, 0.5) is 5.82 Å². The normalized spacial score (nSPS) is 10.5. The smallest absolute Gasteiger partial charge is 0.303 e. The van der Waals surface area contributed by atoms with E-state index in [9.17, 15) is 4.79 Å². The van der Waals surface area contributed by atoms with E-state index in [0.29, 0.717) is 6.42 Å². The molecule has 0 fully saturated rings. The Morgan fingerprint density at radius 3 is 2.86 bits per heavy atom. The maximum Gasteiger partial charge on any atom is 0.303 e. The van der Waals surface area contributed by atoms with Crippen molar-refractivity contribution in [2.75, 3.05) is 19.0 Å². The van der Waals surface area contributed by atoms with E-state index in [2.05, 4.69) is 10.3 Å². The molecule has 0 aliphatic rings. The predicted octanol–water partition coefficient (Wildman–Crippen LogP) is 3.30. The SMILES string of the molecule is COc1cccc2c(NCCCCCC(=O)O)nccc12. The summed E-state index contributed by atoms with van der Waals surface area (Å²) in [6, 6.07) is 7.82. The minimum atomic E-state index is -0.731. The van der Waals surface area contributed by atoms with Gasteiger partial charge in [-0.3, -0.25) is 4.79 Å². The molecule has 1 aromatic heterocycles. The molecule has 0 saturated heterocycles. The van der Waals surface area contributed by atoms with E-state index in [4.69, 9.17) is 9.84 Å². The van der Waals surface area contributed by atoms with Gasteiger partial charge in [0.05, 0.1) is 7.11 Å². The topological polar surface area (TPSA) is 71.5 Å². The fraction of sp³-hybridized carbons (Fsp3) is 0.375. The van der Waals surface area contributed by atoms with E-state index in [1.807, 2.05) is 24.3 Å². The Kier molecular flexibility index (Phi) is 5.37. The summed E-state index contributed by atoms with van der Waals surface area (Å²) in [6.45, 7) is 0.781. The van der Waals surface area contributed by atoms with Gasteiger partial charge in [-0.15, -0.1) is 0 Å². The van der Waals surface area contributed by atoms with Gasteiger partial charge in [-0.05, 0) is 25.0 Å². The number of aliphatic carboxylic acids is 1. The zero-order valence-electron chi connectivity index (χ0n) is 12.1. The molecule has 0 amide bonds. The summed E-state index contributed by atoms with van der Waals surface area (Å²) in [6.07, 6.45) is 4.54. The highest BCUT2D eigenvalue weighted by molar-refractivity contribution is 5.95. The van der Waals surface area contributed by atoms with Gasteiger partial charge in [-0.2, -0.15) is 0 Å². The van der Waals surface area contributed by atoms with Crippen molar-refractivity contribution in [2.24, 2.45) is 0 Å². The second-order valence-electron chi connectivity index (χ2n) is 4.85. The van der Waals surface area contributed by atoms with Crippen LogP contribution in [0.15, 0.2) is 30.5 Å². The van der Waals surface area contributed by atoms with Crippen LogP contribution in [0.3, 0.4) is 0 Å². The van der Waals surface area contributed by atoms with Gasteiger partial charge in [0.1, 0.15) is 11.6 Å². The number of rotatable bonds is 8. The molecule has 2 N–H and O–H groups in total. The number of carboxylic acid groups (broad SMARTS) is 1. The van der Waals surface area contributed by atoms with Gasteiger partial charge in [-0.25, -0.2) is 4.98 Å². The number of benzene rings is 1. The van der Waals surface area contributed by atoms with Crippen molar-refractivity contribution in [3.05, 3.63) is 30.5 Å². The predicted molar refractivity (Wildman–Crippen MR) is 82.9 cm³/mol. The van der Waals surface area contributed by atoms with E-state index < -0.39 is 5.97 Å². The summed E-state index contributed by atoms with van der Waals surface area (Å²) in [5.74, 6) is 0.940. The van der Waals surface area contributed by atoms with Gasteiger partial charge in [0.2, 0.25) is 0 Å². The van der Waals surface area contributed by atoms with E-state index in [1.165, 1.54) is 0 Å². The number of fused-ring (bicyclic) bond motifs is 1. The van der Waals surface area contributed by atoms with Gasteiger partial charge in [0.25, 0.3) is 0 Å². The third-order valence-electron chi connectivity index (χ3n) is 3.35. The number of aromatic nitrogens is 1. The van der Waals surface area contributed by atoms with E-state index >= 15 is 0 Å². The average molecular weight is 288 g/mol. The van der Waals surface area contributed by atoms with Crippen LogP contribution in [0.1, 0.15) is 25.7 Å². The standard InChI is InChI=1S/C16H20N2O3/c1-21-14-7-5-6-13-12(14)9-11-18-16(13)17-10-4-2-3-8-15(19)20/h5-7,9,11H,2-4,8,10H2,1H3,(H,17,18)(H,19,20). The molecule has 5 nitrogen and oxygen atoms in total. The number of carbonyl (C=O) groups is 1. The summed E-state index contributed by atoms with van der Waals surface area (Å²) in [7, 11) is 1.66. The first-order chi connectivity index (χ1) is 10.2. The van der Waals surface area contributed by atoms with Crippen molar-refractivity contribution in [1.29, 1.82) is 0 Å². The molecule has 2 rings (SSSR count). The molecule has 2 aromatic rings. The number of nitrogens with zero attached hydrogens (tertiary/aromatic N) is 1. The van der Waals surface area contributed by atoms with Crippen molar-refractivity contribution >= 4 is 22.6 Å². The molecule has 0 aliphatic heterocycles. The van der Waals surface area contributed by atoms with Crippen LogP contribution < -0.4 is 10.1 Å². The molecule has 0 unspecified atom stereocenters. The Morgan fingerprint density at radius 2 is 2.10 bits per heavy atom. The maximum atomic E-state index is 10.4. The molecule has 21 heavy (non-hydrogen) atoms. The number of carboxylic acids is 1. The Bertz CT molecular complexity index is 613. The van der Waals surface area contributed by atoms with Crippen LogP contribution in [0, 0.1) is 0 Å². The first kappa shape index (κ1) is 15.1. The van der Waals surface area contributed by atoms with Crippen molar-refractivity contribution < 1.29 is 14.6 Å². The molecule has 5 heteroatoms. The largest absolute Gasteiger partial charge is 0.496 e. The Balaban J connectivity index is 1.95. The Labute approximate surface area is 124 Å². The number of hydrogen-bond acceptors (Lipinski definition) is 4. The van der Waals surface area contributed by atoms with Crippen LogP contribution in [-0.2, 0) is 4.79 Å². The molecule has 0 spiro atoms. The van der Waals surface area contributed by atoms with Crippen molar-refractivity contribution in [3.8, 4) is 5.75 Å². The Hall–Kier alpha value is -2.30. The summed E-state index contributed by atoms with van der Waals surface area (Å²) in [4.78, 5) is 14.8. The summed E-state index contributed by atoms with van der Waals surface area (Å²) in [5, 5.41) is 14.0. The van der Waals surface area contributed by atoms with Gasteiger partial charge in [-0.1, -0.05) is 18.6 Å². The van der Waals surface area contributed by atoms with Crippen LogP contribution in [0.25, 0.3) is 10.8 Å². The highest BCUT2D eigenvalue weighted by Gasteiger charge is 2.05. The summed E-state index contributed by atoms with van der Waals surface area (Å²) < 4.78 is 5.35. The van der Waals surface area contributed by atoms with Gasteiger partial charge < -0.3 is 15.2 Å². The summed E-state index contributed by atoms with van der Waals surface area (Å²) >= 11 is 0. The van der Waals surface area contributed by atoms with Crippen LogP contribution >= 0.6 is 0 Å². The third kappa shape index (κ3) is 4.08. The average Bonchev–Trinajstić information content (AvgIpc) is 2.50. The third-order valence-corrected chi connectivity index (χ3v) is 3.35. The van der Waals surface area contributed by atoms with Crippen molar-refractivity contribution in [3.63, 3.8) is 0 Å². The maximum absolute atomic E-state index is 10.4. The zero-order chi connectivity index (χ0) is 15.1. The molecule has 112 valence electrons. The minimum Gasteiger partial charge on any atom is -0.496 e. The lowest BCUT2D eigenvalue weighted by Crippen LogP contribution is -2.04. The zero-order valence-corrected chi connectivity index (χ0v) is 12.1. The highest BCUT2D eigenvalue weighted by Crippen LogP contribution is 2.28. The highest BCUT2D eigenvalue weighted by atomic mass is 16.5. The second kappa shape index (κ2) is 7.47. The van der Waals surface area contributed by atoms with Crippen molar-refractivity contribution in [1.82, 2.24) is 4.98 Å². The molecule has 0 atom stereocenters. The number of pyridine rings is 1. The lowest BCUT2D eigenvalue weighted by Gasteiger charge is -2.10. The first-order valence-corrected chi connectivity index (χ1v) is 7.10. The van der Waals surface area contributed by atoms with Crippen LogP contribution in [-0.4, -0.2) is 29.7 Å². The minimum absolute atomic E-state index is 0.240. The second-order valence-corrected chi connectivity index (χ2v) is 4.85. The van der Waals surface area contributed by atoms with Gasteiger partial charge in [0, 0.05) is 29.9 Å². The van der Waals surface area contributed by atoms with Gasteiger partial charge in [0.15, 0.2) is 0 Å². The molecular weight excluding hydrogens is 268 g/mol.